The molecular formula is C93H182O17P2. The average molecular weight is 1630 g/mol. The van der Waals surface area contributed by atoms with E-state index in [1.54, 1.807) is 0 Å². The van der Waals surface area contributed by atoms with Gasteiger partial charge in [0.1, 0.15) is 19.3 Å². The summed E-state index contributed by atoms with van der Waals surface area (Å²) in [4.78, 5) is 73.4. The number of ether oxygens (including phenoxy) is 4. The molecule has 0 bridgehead atoms. The number of carbonyl (C=O) groups excluding carboxylic acids is 4. The van der Waals surface area contributed by atoms with Gasteiger partial charge in [0.05, 0.1) is 26.4 Å². The number of esters is 4. The van der Waals surface area contributed by atoms with Crippen molar-refractivity contribution < 1.29 is 80.2 Å². The summed E-state index contributed by atoms with van der Waals surface area (Å²) in [5, 5.41) is 10.7. The Labute approximate surface area is 689 Å². The molecule has 4 unspecified atom stereocenters. The molecule has 112 heavy (non-hydrogen) atoms. The monoisotopic (exact) mass is 1630 g/mol. The third-order valence-electron chi connectivity index (χ3n) is 22.5. The van der Waals surface area contributed by atoms with Crippen molar-refractivity contribution in [2.45, 2.75) is 510 Å². The second kappa shape index (κ2) is 81.4. The molecule has 0 fully saturated rings. The van der Waals surface area contributed by atoms with Crippen LogP contribution >= 0.6 is 15.6 Å². The maximum Gasteiger partial charge on any atom is 0.472 e. The maximum absolute atomic E-state index is 13.2. The fraction of sp³-hybridized carbons (Fsp3) is 0.957. The van der Waals surface area contributed by atoms with Crippen LogP contribution in [0.3, 0.4) is 0 Å². The van der Waals surface area contributed by atoms with Crippen LogP contribution in [0.4, 0.5) is 0 Å². The Hall–Kier alpha value is -1.94. The van der Waals surface area contributed by atoms with Gasteiger partial charge in [-0.1, -0.05) is 441 Å². The molecule has 0 aliphatic carbocycles. The highest BCUT2D eigenvalue weighted by Gasteiger charge is 2.31. The van der Waals surface area contributed by atoms with Crippen LogP contribution in [0, 0.1) is 23.7 Å². The van der Waals surface area contributed by atoms with Crippen LogP contribution in [0.5, 0.6) is 0 Å². The summed E-state index contributed by atoms with van der Waals surface area (Å²) in [6.45, 7) is 14.4. The molecule has 17 nitrogen and oxygen atoms in total. The van der Waals surface area contributed by atoms with Gasteiger partial charge in [0.2, 0.25) is 0 Å². The molecule has 0 aliphatic heterocycles. The molecule has 666 valence electrons. The van der Waals surface area contributed by atoms with Crippen molar-refractivity contribution >= 4 is 39.5 Å². The van der Waals surface area contributed by atoms with E-state index in [-0.39, 0.29) is 25.7 Å². The molecule has 0 aromatic heterocycles. The second-order valence-electron chi connectivity index (χ2n) is 34.8. The van der Waals surface area contributed by atoms with Crippen molar-refractivity contribution in [3.8, 4) is 0 Å². The van der Waals surface area contributed by atoms with E-state index in [1.165, 1.54) is 289 Å². The number of unbranched alkanes of at least 4 members (excludes halogenated alkanes) is 54. The first-order valence-corrected chi connectivity index (χ1v) is 50.8. The van der Waals surface area contributed by atoms with Crippen molar-refractivity contribution in [1.29, 1.82) is 0 Å². The van der Waals surface area contributed by atoms with Crippen LogP contribution < -0.4 is 0 Å². The van der Waals surface area contributed by atoms with E-state index < -0.39 is 97.5 Å². The lowest BCUT2D eigenvalue weighted by molar-refractivity contribution is -0.161. The minimum atomic E-state index is -4.97. The van der Waals surface area contributed by atoms with E-state index in [0.29, 0.717) is 25.7 Å². The van der Waals surface area contributed by atoms with Gasteiger partial charge in [-0.3, -0.25) is 37.3 Å². The van der Waals surface area contributed by atoms with Crippen LogP contribution in [0.15, 0.2) is 0 Å². The smallest absolute Gasteiger partial charge is 0.462 e. The third-order valence-corrected chi connectivity index (χ3v) is 24.4. The van der Waals surface area contributed by atoms with Crippen LogP contribution in [-0.2, 0) is 65.4 Å². The topological polar surface area (TPSA) is 237 Å². The van der Waals surface area contributed by atoms with E-state index in [0.717, 1.165) is 120 Å². The Kier molecular flexibility index (Phi) is 80.0. The molecule has 0 aromatic carbocycles. The molecule has 0 saturated heterocycles. The Bertz CT molecular complexity index is 2170. The van der Waals surface area contributed by atoms with Gasteiger partial charge >= 0.3 is 39.5 Å². The van der Waals surface area contributed by atoms with Crippen molar-refractivity contribution in [2.75, 3.05) is 39.6 Å². The first-order valence-electron chi connectivity index (χ1n) is 47.8. The largest absolute Gasteiger partial charge is 0.472 e. The molecule has 0 saturated carbocycles. The van der Waals surface area contributed by atoms with E-state index >= 15 is 0 Å². The molecule has 3 N–H and O–H groups in total. The zero-order valence-electron chi connectivity index (χ0n) is 74.3. The van der Waals surface area contributed by atoms with Gasteiger partial charge in [0.15, 0.2) is 12.2 Å². The highest BCUT2D eigenvalue weighted by atomic mass is 31.2. The SMILES string of the molecule is CCC(C)CCCCCCCCCCCCCCCCCCCCC(=O)O[C@H](COC(=O)CCCCCCCCC(C)CC)COP(=O)(O)OC[C@H](O)COP(=O)(O)OC[C@@H](COC(=O)CCCCCCCCCCCCCCCCCCC(C)C)OC(=O)CCCCCCCCCCCCCCCCCCCCC(C)C. The normalized spacial score (nSPS) is 14.3. The summed E-state index contributed by atoms with van der Waals surface area (Å²) in [6.07, 6.45) is 73.8. The number of aliphatic hydroxyl groups is 1. The maximum atomic E-state index is 13.2. The van der Waals surface area contributed by atoms with Crippen molar-refractivity contribution in [3.05, 3.63) is 0 Å². The number of carbonyl (C=O) groups is 4. The predicted molar refractivity (Wildman–Crippen MR) is 464 cm³/mol. The quantitative estimate of drug-likeness (QED) is 0.0222. The Morgan fingerprint density at radius 1 is 0.250 bits per heavy atom. The average Bonchev–Trinajstić information content (AvgIpc) is 0.898. The predicted octanol–water partition coefficient (Wildman–Crippen LogP) is 28.7. The minimum absolute atomic E-state index is 0.107. The van der Waals surface area contributed by atoms with Gasteiger partial charge in [-0.2, -0.15) is 0 Å². The van der Waals surface area contributed by atoms with Crippen LogP contribution in [0.2, 0.25) is 0 Å². The molecule has 0 amide bonds. The number of phosphoric ester groups is 2. The summed E-state index contributed by atoms with van der Waals surface area (Å²) >= 11 is 0. The summed E-state index contributed by atoms with van der Waals surface area (Å²) in [5.41, 5.74) is 0. The fourth-order valence-electron chi connectivity index (χ4n) is 14.5. The minimum Gasteiger partial charge on any atom is -0.462 e. The Morgan fingerprint density at radius 2 is 0.429 bits per heavy atom. The van der Waals surface area contributed by atoms with Crippen molar-refractivity contribution in [1.82, 2.24) is 0 Å². The van der Waals surface area contributed by atoms with Gasteiger partial charge < -0.3 is 33.8 Å². The van der Waals surface area contributed by atoms with E-state index in [2.05, 4.69) is 55.4 Å². The highest BCUT2D eigenvalue weighted by molar-refractivity contribution is 7.47. The number of hydrogen-bond donors (Lipinski definition) is 3. The van der Waals surface area contributed by atoms with Crippen molar-refractivity contribution in [2.24, 2.45) is 23.7 Å². The number of phosphoric acid groups is 2. The first kappa shape index (κ1) is 110. The molecule has 19 heteroatoms. The summed E-state index contributed by atoms with van der Waals surface area (Å²) in [6, 6.07) is 0. The fourth-order valence-corrected chi connectivity index (χ4v) is 16.1. The molecule has 0 aliphatic rings. The second-order valence-corrected chi connectivity index (χ2v) is 37.7. The van der Waals surface area contributed by atoms with E-state index in [4.69, 9.17) is 37.0 Å². The Balaban J connectivity index is 5.21. The lowest BCUT2D eigenvalue weighted by atomic mass is 9.99. The number of aliphatic hydroxyl groups excluding tert-OH is 1. The first-order chi connectivity index (χ1) is 54.2. The number of hydrogen-bond acceptors (Lipinski definition) is 15. The lowest BCUT2D eigenvalue weighted by Crippen LogP contribution is -2.30. The molecule has 0 rings (SSSR count). The molecule has 0 heterocycles. The Morgan fingerprint density at radius 3 is 0.634 bits per heavy atom. The summed E-state index contributed by atoms with van der Waals surface area (Å²) in [7, 11) is -9.94. The highest BCUT2D eigenvalue weighted by Crippen LogP contribution is 2.45. The third kappa shape index (κ3) is 83.1. The van der Waals surface area contributed by atoms with Crippen LogP contribution in [0.25, 0.3) is 0 Å². The van der Waals surface area contributed by atoms with Gasteiger partial charge in [-0.05, 0) is 49.4 Å². The van der Waals surface area contributed by atoms with Gasteiger partial charge in [0, 0.05) is 25.7 Å². The molecule has 7 atom stereocenters. The number of rotatable bonds is 90. The molecule has 0 aromatic rings. The van der Waals surface area contributed by atoms with Gasteiger partial charge in [-0.15, -0.1) is 0 Å². The molecule has 0 radical (unpaired) electrons. The standard InChI is InChI=1S/C93H182O17P2/c1-9-85(7)71-63-55-47-41-35-29-23-16-12-14-18-26-32-38-44-50-60-68-76-93(98)110-89(80-104-91(96)74-66-58-52-51-56-64-72-86(8)10-2)82-108-112(101,102)106-78-87(94)77-105-111(99,100)107-81-88(79-103-90(95)73-65-57-48-42-36-30-24-20-19-22-28-34-40-46-54-62-70-84(5)6)109-92(97)75-67-59-49-43-37-31-25-17-13-11-15-21-27-33-39-45-53-61-69-83(3)4/h83-89,94H,9-82H2,1-8H3,(H,99,100)(H,101,102)/t85?,86?,87-,88-,89-/m1/s1. The molecular weight excluding hydrogens is 1450 g/mol. The molecule has 0 spiro atoms. The van der Waals surface area contributed by atoms with Crippen LogP contribution in [-0.4, -0.2) is 96.7 Å². The zero-order valence-corrected chi connectivity index (χ0v) is 76.1. The van der Waals surface area contributed by atoms with Crippen LogP contribution in [0.1, 0.15) is 492 Å². The lowest BCUT2D eigenvalue weighted by Gasteiger charge is -2.21. The zero-order chi connectivity index (χ0) is 82.3. The van der Waals surface area contributed by atoms with Gasteiger partial charge in [0.25, 0.3) is 0 Å². The summed E-state index contributed by atoms with van der Waals surface area (Å²) in [5.74, 6) is 1.13. The van der Waals surface area contributed by atoms with Crippen molar-refractivity contribution in [3.63, 3.8) is 0 Å². The van der Waals surface area contributed by atoms with E-state index in [9.17, 15) is 43.2 Å². The van der Waals surface area contributed by atoms with E-state index in [1.807, 2.05) is 0 Å². The summed E-state index contributed by atoms with van der Waals surface area (Å²) < 4.78 is 69.1. The van der Waals surface area contributed by atoms with Gasteiger partial charge in [-0.25, -0.2) is 9.13 Å².